The molecule has 0 aromatic rings. The molecule has 0 bridgehead atoms. The van der Waals surface area contributed by atoms with Gasteiger partial charge >= 0.3 is 0 Å². The molecule has 1 heterocycles. The Morgan fingerprint density at radius 3 is 1.22 bits per heavy atom. The van der Waals surface area contributed by atoms with Gasteiger partial charge < -0.3 is 40.3 Å². The van der Waals surface area contributed by atoms with Gasteiger partial charge in [0.25, 0.3) is 0 Å². The smallest absolute Gasteiger partial charge is 0.220 e. The Morgan fingerprint density at radius 2 is 0.826 bits per heavy atom. The van der Waals surface area contributed by atoms with Crippen molar-refractivity contribution in [2.45, 2.75) is 326 Å². The summed E-state index contributed by atoms with van der Waals surface area (Å²) in [6, 6.07) is -0.819. The Morgan fingerprint density at radius 1 is 0.478 bits per heavy atom. The van der Waals surface area contributed by atoms with Gasteiger partial charge in [0.05, 0.1) is 25.4 Å². The zero-order valence-electron chi connectivity index (χ0n) is 45.1. The van der Waals surface area contributed by atoms with Crippen LogP contribution in [0.3, 0.4) is 0 Å². The highest BCUT2D eigenvalue weighted by atomic mass is 16.7. The van der Waals surface area contributed by atoms with Crippen molar-refractivity contribution in [3.05, 3.63) is 36.5 Å². The molecule has 0 spiro atoms. The summed E-state index contributed by atoms with van der Waals surface area (Å²) in [5.74, 6) is -0.184. The van der Waals surface area contributed by atoms with Gasteiger partial charge in [-0.05, 0) is 57.8 Å². The second-order valence-corrected chi connectivity index (χ2v) is 20.8. The van der Waals surface area contributed by atoms with E-state index in [1.54, 1.807) is 6.08 Å². The minimum absolute atomic E-state index is 0.184. The number of rotatable bonds is 51. The Hall–Kier alpha value is -1.59. The van der Waals surface area contributed by atoms with Crippen molar-refractivity contribution in [1.29, 1.82) is 0 Å². The predicted octanol–water partition coefficient (Wildman–Crippen LogP) is 14.7. The average Bonchev–Trinajstić information content (AvgIpc) is 3.35. The molecule has 406 valence electrons. The van der Waals surface area contributed by atoms with Crippen LogP contribution in [0.1, 0.15) is 284 Å². The van der Waals surface area contributed by atoms with Crippen LogP contribution in [0, 0.1) is 0 Å². The van der Waals surface area contributed by atoms with Crippen LogP contribution in [0.15, 0.2) is 36.5 Å². The fraction of sp³-hybridized carbons (Fsp3) is 0.883. The summed E-state index contributed by atoms with van der Waals surface area (Å²) in [4.78, 5) is 13.0. The Kier molecular flexibility index (Phi) is 47.4. The molecule has 0 aromatic heterocycles. The van der Waals surface area contributed by atoms with Gasteiger partial charge in [0.15, 0.2) is 6.29 Å². The minimum Gasteiger partial charge on any atom is -0.394 e. The van der Waals surface area contributed by atoms with Crippen molar-refractivity contribution < 1.29 is 39.8 Å². The predicted molar refractivity (Wildman–Crippen MR) is 290 cm³/mol. The van der Waals surface area contributed by atoms with E-state index < -0.39 is 49.5 Å². The van der Waals surface area contributed by atoms with Crippen molar-refractivity contribution >= 4 is 5.91 Å². The molecule has 69 heavy (non-hydrogen) atoms. The van der Waals surface area contributed by atoms with Gasteiger partial charge in [-0.1, -0.05) is 256 Å². The number of carbonyl (C=O) groups is 1. The zero-order valence-corrected chi connectivity index (χ0v) is 45.1. The highest BCUT2D eigenvalue weighted by molar-refractivity contribution is 5.76. The van der Waals surface area contributed by atoms with Crippen molar-refractivity contribution in [3.63, 3.8) is 0 Å². The molecule has 1 saturated heterocycles. The second-order valence-electron chi connectivity index (χ2n) is 20.8. The number of aliphatic hydroxyl groups is 5. The first-order valence-corrected chi connectivity index (χ1v) is 29.7. The molecule has 1 aliphatic rings. The number of allylic oxidation sites excluding steroid dienone is 5. The van der Waals surface area contributed by atoms with E-state index in [-0.39, 0.29) is 12.5 Å². The van der Waals surface area contributed by atoms with Crippen molar-refractivity contribution in [2.24, 2.45) is 0 Å². The summed E-state index contributed by atoms with van der Waals surface area (Å²) in [5.41, 5.74) is 0. The molecule has 9 nitrogen and oxygen atoms in total. The summed E-state index contributed by atoms with van der Waals surface area (Å²) in [7, 11) is 0. The third-order valence-electron chi connectivity index (χ3n) is 14.2. The minimum atomic E-state index is -1.57. The molecule has 0 aliphatic carbocycles. The van der Waals surface area contributed by atoms with Gasteiger partial charge in [0.1, 0.15) is 24.4 Å². The van der Waals surface area contributed by atoms with E-state index in [1.807, 2.05) is 6.08 Å². The molecule has 9 heteroatoms. The number of hydrogen-bond acceptors (Lipinski definition) is 8. The quantitative estimate of drug-likeness (QED) is 0.0261. The van der Waals surface area contributed by atoms with Crippen LogP contribution >= 0.6 is 0 Å². The number of unbranched alkanes of at least 4 members (excludes halogenated alkanes) is 37. The molecule has 7 unspecified atom stereocenters. The third-order valence-corrected chi connectivity index (χ3v) is 14.2. The van der Waals surface area contributed by atoms with Crippen molar-refractivity contribution in [1.82, 2.24) is 5.32 Å². The Balaban J connectivity index is 2.11. The van der Waals surface area contributed by atoms with Gasteiger partial charge in [-0.25, -0.2) is 0 Å². The number of nitrogens with one attached hydrogen (secondary N) is 1. The topological polar surface area (TPSA) is 149 Å². The van der Waals surface area contributed by atoms with Gasteiger partial charge in [-0.15, -0.1) is 0 Å². The monoisotopic (exact) mass is 976 g/mol. The third kappa shape index (κ3) is 39.6. The van der Waals surface area contributed by atoms with Crippen molar-refractivity contribution in [2.75, 3.05) is 13.2 Å². The molecule has 1 aliphatic heterocycles. The lowest BCUT2D eigenvalue weighted by atomic mass is 9.99. The maximum Gasteiger partial charge on any atom is 0.220 e. The van der Waals surface area contributed by atoms with E-state index in [0.717, 1.165) is 38.5 Å². The van der Waals surface area contributed by atoms with Crippen molar-refractivity contribution in [3.8, 4) is 0 Å². The first kappa shape index (κ1) is 65.4. The average molecular weight is 977 g/mol. The molecule has 7 atom stereocenters. The van der Waals surface area contributed by atoms with Crippen LogP contribution in [0.25, 0.3) is 0 Å². The van der Waals surface area contributed by atoms with E-state index in [0.29, 0.717) is 6.42 Å². The summed E-state index contributed by atoms with van der Waals surface area (Å²) in [6.45, 7) is 3.77. The number of hydrogen-bond donors (Lipinski definition) is 6. The normalized spacial score (nSPS) is 19.7. The summed E-state index contributed by atoms with van der Waals surface area (Å²) >= 11 is 0. The van der Waals surface area contributed by atoms with Gasteiger partial charge in [0.2, 0.25) is 5.91 Å². The maximum atomic E-state index is 13.0. The summed E-state index contributed by atoms with van der Waals surface area (Å²) in [5, 5.41) is 54.4. The van der Waals surface area contributed by atoms with E-state index in [2.05, 4.69) is 43.5 Å². The molecule has 0 radical (unpaired) electrons. The number of aliphatic hydroxyl groups excluding tert-OH is 5. The Bertz CT molecular complexity index is 1180. The SMILES string of the molecule is CCCCCCCCC/C=C/CC/C=C/C(O)C(COC1OC(CO)C(O)C(O)C1O)NC(=O)CCCCCCCCCCCCCCCCCCC/C=C\CCCCCCCCCCCCCC. The van der Waals surface area contributed by atoms with E-state index in [9.17, 15) is 30.3 Å². The number of amides is 1. The molecular weight excluding hydrogens is 863 g/mol. The lowest BCUT2D eigenvalue weighted by Crippen LogP contribution is -2.60. The lowest BCUT2D eigenvalue weighted by Gasteiger charge is -2.40. The molecule has 1 rings (SSSR count). The molecule has 0 saturated carbocycles. The lowest BCUT2D eigenvalue weighted by molar-refractivity contribution is -0.302. The largest absolute Gasteiger partial charge is 0.394 e. The molecule has 1 amide bonds. The van der Waals surface area contributed by atoms with Gasteiger partial charge in [0, 0.05) is 6.42 Å². The zero-order chi connectivity index (χ0) is 50.1. The second kappa shape index (κ2) is 50.0. The first-order chi connectivity index (χ1) is 33.8. The number of ether oxygens (including phenoxy) is 2. The molecule has 1 fully saturated rings. The van der Waals surface area contributed by atoms with Gasteiger partial charge in [-0.3, -0.25) is 4.79 Å². The van der Waals surface area contributed by atoms with E-state index in [1.165, 1.54) is 225 Å². The number of carbonyl (C=O) groups excluding carboxylic acids is 1. The fourth-order valence-corrected chi connectivity index (χ4v) is 9.46. The van der Waals surface area contributed by atoms with Gasteiger partial charge in [-0.2, -0.15) is 0 Å². The van der Waals surface area contributed by atoms with Crippen LogP contribution in [-0.4, -0.2) is 87.5 Å². The first-order valence-electron chi connectivity index (χ1n) is 29.7. The maximum absolute atomic E-state index is 13.0. The van der Waals surface area contributed by atoms with E-state index in [4.69, 9.17) is 9.47 Å². The standard InChI is InChI=1S/C60H113NO8/c1-3-5-7-9-11-13-15-17-18-19-20-21-22-23-24-25-26-27-28-29-30-31-32-33-34-35-36-38-40-42-44-46-48-50-56(64)61-53(52-68-60-59(67)58(66)57(65)55(51-62)69-60)54(63)49-47-45-43-41-39-37-16-14-12-10-8-6-4-2/h23-24,39,41,47,49,53-55,57-60,62-63,65-67H,3-22,25-38,40,42-46,48,50-52H2,1-2H3,(H,61,64)/b24-23-,41-39+,49-47+. The van der Waals surface area contributed by atoms with E-state index >= 15 is 0 Å². The van der Waals surface area contributed by atoms with Crippen LogP contribution in [-0.2, 0) is 14.3 Å². The van der Waals surface area contributed by atoms with Crippen LogP contribution in [0.5, 0.6) is 0 Å². The molecular formula is C60H113NO8. The summed E-state index contributed by atoms with van der Waals surface area (Å²) in [6.07, 6.45) is 58.1. The molecule has 0 aromatic carbocycles. The van der Waals surface area contributed by atoms with Crippen LogP contribution < -0.4 is 5.32 Å². The molecule has 6 N–H and O–H groups in total. The van der Waals surface area contributed by atoms with Crippen LogP contribution in [0.4, 0.5) is 0 Å². The fourth-order valence-electron chi connectivity index (χ4n) is 9.46. The highest BCUT2D eigenvalue weighted by Gasteiger charge is 2.44. The van der Waals surface area contributed by atoms with Crippen LogP contribution in [0.2, 0.25) is 0 Å². The highest BCUT2D eigenvalue weighted by Crippen LogP contribution is 2.23. The summed E-state index contributed by atoms with van der Waals surface area (Å²) < 4.78 is 11.2. The Labute approximate surface area is 425 Å².